The van der Waals surface area contributed by atoms with Gasteiger partial charge in [0.05, 0.1) is 5.69 Å². The second kappa shape index (κ2) is 4.34. The van der Waals surface area contributed by atoms with Crippen molar-refractivity contribution in [1.82, 2.24) is 9.97 Å². The Bertz CT molecular complexity index is 497. The van der Waals surface area contributed by atoms with Crippen molar-refractivity contribution in [2.75, 3.05) is 23.7 Å². The lowest BCUT2D eigenvalue weighted by Crippen LogP contribution is -2.31. The van der Waals surface area contributed by atoms with E-state index in [0.717, 1.165) is 43.9 Å². The van der Waals surface area contributed by atoms with Crippen molar-refractivity contribution in [3.8, 4) is 0 Å². The van der Waals surface area contributed by atoms with Crippen molar-refractivity contribution in [3.05, 3.63) is 11.3 Å². The van der Waals surface area contributed by atoms with Crippen LogP contribution in [0, 0.1) is 5.41 Å². The third kappa shape index (κ3) is 2.39. The van der Waals surface area contributed by atoms with E-state index in [1.165, 1.54) is 12.0 Å². The molecule has 104 valence electrons. The number of fused-ring (bicyclic) bond motifs is 1. The highest BCUT2D eigenvalue weighted by Crippen LogP contribution is 2.38. The molecular formula is C14H23N5. The van der Waals surface area contributed by atoms with Crippen LogP contribution in [0.5, 0.6) is 0 Å². The largest absolute Gasteiger partial charge is 0.368 e. The number of aromatic nitrogens is 2. The van der Waals surface area contributed by atoms with Gasteiger partial charge in [0.2, 0.25) is 5.95 Å². The Hall–Kier alpha value is -1.36. The summed E-state index contributed by atoms with van der Waals surface area (Å²) in [6.45, 7) is 6.44. The summed E-state index contributed by atoms with van der Waals surface area (Å²) < 4.78 is 0. The monoisotopic (exact) mass is 261 g/mol. The minimum Gasteiger partial charge on any atom is -0.368 e. The Morgan fingerprint density at radius 1 is 1.32 bits per heavy atom. The third-order valence-electron chi connectivity index (χ3n) is 4.31. The lowest BCUT2D eigenvalue weighted by Gasteiger charge is -2.33. The van der Waals surface area contributed by atoms with Crippen molar-refractivity contribution < 1.29 is 0 Å². The van der Waals surface area contributed by atoms with Crippen molar-refractivity contribution in [2.24, 2.45) is 11.1 Å². The van der Waals surface area contributed by atoms with Gasteiger partial charge in [-0.15, -0.1) is 0 Å². The Kier molecular flexibility index (Phi) is 2.89. The molecular weight excluding hydrogens is 238 g/mol. The van der Waals surface area contributed by atoms with Gasteiger partial charge >= 0.3 is 0 Å². The Balaban J connectivity index is 1.99. The zero-order valence-corrected chi connectivity index (χ0v) is 11.8. The van der Waals surface area contributed by atoms with Crippen LogP contribution in [-0.4, -0.2) is 29.1 Å². The van der Waals surface area contributed by atoms with Crippen LogP contribution in [0.1, 0.15) is 37.9 Å². The van der Waals surface area contributed by atoms with Crippen molar-refractivity contribution in [2.45, 2.75) is 45.6 Å². The topological polar surface area (TPSA) is 81.1 Å². The number of hydrogen-bond acceptors (Lipinski definition) is 5. The molecule has 0 bridgehead atoms. The van der Waals surface area contributed by atoms with Crippen LogP contribution >= 0.6 is 0 Å². The SMILES string of the molecule is CC1(C)CCc2c(nc(N)nc2N2CCC(N)C2)C1. The van der Waals surface area contributed by atoms with Gasteiger partial charge < -0.3 is 16.4 Å². The maximum Gasteiger partial charge on any atom is 0.222 e. The number of nitrogens with two attached hydrogens (primary N) is 2. The second-order valence-electron chi connectivity index (χ2n) is 6.67. The van der Waals surface area contributed by atoms with Crippen LogP contribution in [0.2, 0.25) is 0 Å². The zero-order chi connectivity index (χ0) is 13.6. The van der Waals surface area contributed by atoms with Gasteiger partial charge in [0.15, 0.2) is 0 Å². The Morgan fingerprint density at radius 3 is 2.79 bits per heavy atom. The van der Waals surface area contributed by atoms with Crippen molar-refractivity contribution in [1.29, 1.82) is 0 Å². The molecule has 3 rings (SSSR count). The molecule has 0 saturated carbocycles. The van der Waals surface area contributed by atoms with Crippen LogP contribution in [0.25, 0.3) is 0 Å². The first kappa shape index (κ1) is 12.7. The lowest BCUT2D eigenvalue weighted by atomic mass is 9.76. The molecule has 0 aromatic carbocycles. The van der Waals surface area contributed by atoms with Gasteiger partial charge in [-0.3, -0.25) is 0 Å². The molecule has 5 heteroatoms. The molecule has 0 radical (unpaired) electrons. The fourth-order valence-corrected chi connectivity index (χ4v) is 3.18. The van der Waals surface area contributed by atoms with E-state index >= 15 is 0 Å². The molecule has 1 fully saturated rings. The molecule has 1 unspecified atom stereocenters. The van der Waals surface area contributed by atoms with Crippen molar-refractivity contribution in [3.63, 3.8) is 0 Å². The summed E-state index contributed by atoms with van der Waals surface area (Å²) in [5.41, 5.74) is 14.6. The molecule has 2 aliphatic rings. The number of rotatable bonds is 1. The summed E-state index contributed by atoms with van der Waals surface area (Å²) in [4.78, 5) is 11.2. The number of anilines is 2. The molecule has 5 nitrogen and oxygen atoms in total. The third-order valence-corrected chi connectivity index (χ3v) is 4.31. The summed E-state index contributed by atoms with van der Waals surface area (Å²) in [6.07, 6.45) is 4.25. The first-order valence-corrected chi connectivity index (χ1v) is 7.10. The first-order valence-electron chi connectivity index (χ1n) is 7.10. The zero-order valence-electron chi connectivity index (χ0n) is 11.8. The van der Waals surface area contributed by atoms with Gasteiger partial charge in [0, 0.05) is 24.7 Å². The normalized spacial score (nSPS) is 25.4. The van der Waals surface area contributed by atoms with Crippen molar-refractivity contribution >= 4 is 11.8 Å². The van der Waals surface area contributed by atoms with Gasteiger partial charge in [-0.1, -0.05) is 13.8 Å². The molecule has 1 aromatic rings. The minimum absolute atomic E-state index is 0.256. The highest BCUT2D eigenvalue weighted by molar-refractivity contribution is 5.54. The molecule has 1 aliphatic heterocycles. The van der Waals surface area contributed by atoms with E-state index in [-0.39, 0.29) is 6.04 Å². The summed E-state index contributed by atoms with van der Waals surface area (Å²) in [5.74, 6) is 1.43. The molecule has 1 saturated heterocycles. The van der Waals surface area contributed by atoms with Gasteiger partial charge in [-0.2, -0.15) is 4.98 Å². The molecule has 0 amide bonds. The predicted molar refractivity (Wildman–Crippen MR) is 77.1 cm³/mol. The molecule has 1 atom stereocenters. The van der Waals surface area contributed by atoms with Crippen LogP contribution in [0.4, 0.5) is 11.8 Å². The molecule has 2 heterocycles. The van der Waals surface area contributed by atoms with Gasteiger partial charge in [-0.25, -0.2) is 4.98 Å². The maximum absolute atomic E-state index is 6.00. The van der Waals surface area contributed by atoms with E-state index in [0.29, 0.717) is 11.4 Å². The summed E-state index contributed by atoms with van der Waals surface area (Å²) in [5, 5.41) is 0. The summed E-state index contributed by atoms with van der Waals surface area (Å²) in [6, 6.07) is 0.256. The predicted octanol–water partition coefficient (Wildman–Crippen LogP) is 1.11. The summed E-state index contributed by atoms with van der Waals surface area (Å²) >= 11 is 0. The average molecular weight is 261 g/mol. The second-order valence-corrected chi connectivity index (χ2v) is 6.67. The van der Waals surface area contributed by atoms with E-state index in [9.17, 15) is 0 Å². The van der Waals surface area contributed by atoms with Crippen LogP contribution < -0.4 is 16.4 Å². The maximum atomic E-state index is 6.00. The summed E-state index contributed by atoms with van der Waals surface area (Å²) in [7, 11) is 0. The molecule has 0 spiro atoms. The molecule has 1 aromatic heterocycles. The molecule has 19 heavy (non-hydrogen) atoms. The van der Waals surface area contributed by atoms with Gasteiger partial charge in [-0.05, 0) is 31.1 Å². The van der Waals surface area contributed by atoms with E-state index in [2.05, 4.69) is 28.7 Å². The molecule has 1 aliphatic carbocycles. The van der Waals surface area contributed by atoms with E-state index < -0.39 is 0 Å². The average Bonchev–Trinajstić information content (AvgIpc) is 2.73. The van der Waals surface area contributed by atoms with E-state index in [4.69, 9.17) is 11.5 Å². The van der Waals surface area contributed by atoms with E-state index in [1.54, 1.807) is 0 Å². The standard InChI is InChI=1S/C14H23N5/c1-14(2)5-3-10-11(7-14)17-13(16)18-12(10)19-6-4-9(15)8-19/h9H,3-8,15H2,1-2H3,(H2,16,17,18). The molecule has 4 N–H and O–H groups in total. The fraction of sp³-hybridized carbons (Fsp3) is 0.714. The number of hydrogen-bond donors (Lipinski definition) is 2. The minimum atomic E-state index is 0.256. The quantitative estimate of drug-likeness (QED) is 0.791. The fourth-order valence-electron chi connectivity index (χ4n) is 3.18. The van der Waals surface area contributed by atoms with Crippen LogP contribution in [0.15, 0.2) is 0 Å². The Labute approximate surface area is 114 Å². The van der Waals surface area contributed by atoms with Gasteiger partial charge in [0.25, 0.3) is 0 Å². The number of nitrogen functional groups attached to an aromatic ring is 1. The highest BCUT2D eigenvalue weighted by Gasteiger charge is 2.31. The number of nitrogens with zero attached hydrogens (tertiary/aromatic N) is 3. The van der Waals surface area contributed by atoms with Gasteiger partial charge in [0.1, 0.15) is 5.82 Å². The van der Waals surface area contributed by atoms with Crippen LogP contribution in [0.3, 0.4) is 0 Å². The highest BCUT2D eigenvalue weighted by atomic mass is 15.2. The first-order chi connectivity index (χ1) is 8.94. The Morgan fingerprint density at radius 2 is 2.11 bits per heavy atom. The lowest BCUT2D eigenvalue weighted by molar-refractivity contribution is 0.310. The van der Waals surface area contributed by atoms with Crippen LogP contribution in [-0.2, 0) is 12.8 Å². The van der Waals surface area contributed by atoms with E-state index in [1.807, 2.05) is 0 Å². The smallest absolute Gasteiger partial charge is 0.222 e.